The third kappa shape index (κ3) is 3.96. The highest BCUT2D eigenvalue weighted by atomic mass is 32.2. The van der Waals surface area contributed by atoms with E-state index in [9.17, 15) is 4.21 Å². The Morgan fingerprint density at radius 2 is 1.77 bits per heavy atom. The van der Waals surface area contributed by atoms with Crippen molar-refractivity contribution in [2.45, 2.75) is 37.5 Å². The second kappa shape index (κ2) is 7.69. The molecule has 1 saturated carbocycles. The van der Waals surface area contributed by atoms with Crippen molar-refractivity contribution in [1.82, 2.24) is 14.1 Å². The van der Waals surface area contributed by atoms with E-state index in [2.05, 4.69) is 40.8 Å². The predicted octanol–water partition coefficient (Wildman–Crippen LogP) is 2.53. The predicted molar refractivity (Wildman–Crippen MR) is 107 cm³/mol. The van der Waals surface area contributed by atoms with Gasteiger partial charge in [-0.3, -0.25) is 14.2 Å². The van der Waals surface area contributed by atoms with Crippen LogP contribution in [0.3, 0.4) is 0 Å². The summed E-state index contributed by atoms with van der Waals surface area (Å²) in [5.41, 5.74) is 1.29. The smallest absolute Gasteiger partial charge is 0.209 e. The van der Waals surface area contributed by atoms with Gasteiger partial charge in [-0.2, -0.15) is 0 Å². The molecule has 26 heavy (non-hydrogen) atoms. The van der Waals surface area contributed by atoms with Crippen LogP contribution in [0.1, 0.15) is 38.2 Å². The number of benzene rings is 1. The summed E-state index contributed by atoms with van der Waals surface area (Å²) >= 11 is 0. The second-order valence-electron chi connectivity index (χ2n) is 7.99. The fraction of sp³-hybridized carbons (Fsp3) is 0.650. The number of aliphatic imine (C=N–C) groups is 1. The molecular weight excluding hydrogens is 344 g/mol. The van der Waals surface area contributed by atoms with E-state index in [0.717, 1.165) is 56.0 Å². The van der Waals surface area contributed by atoms with Crippen LogP contribution in [0.25, 0.3) is 0 Å². The molecule has 0 N–H and O–H groups in total. The van der Waals surface area contributed by atoms with Crippen LogP contribution >= 0.6 is 0 Å². The molecule has 2 fully saturated rings. The zero-order chi connectivity index (χ0) is 18.1. The van der Waals surface area contributed by atoms with E-state index < -0.39 is 11.0 Å². The second-order valence-corrected chi connectivity index (χ2v) is 9.40. The zero-order valence-electron chi connectivity index (χ0n) is 15.9. The van der Waals surface area contributed by atoms with Gasteiger partial charge >= 0.3 is 0 Å². The topological polar surface area (TPSA) is 39.2 Å². The first kappa shape index (κ1) is 18.0. The standard InChI is InChI=1S/C20H30N4OS/c1-16(2)18-5-7-19(8-6-18)26(25)24-10-9-21-20(24)23-13-11-22(12-14-23)15-17-3-4-17/h5-8,16-17H,3-4,9-15H2,1-2H3. The van der Waals surface area contributed by atoms with Gasteiger partial charge in [0.15, 0.2) is 11.0 Å². The van der Waals surface area contributed by atoms with Crippen LogP contribution in [-0.4, -0.2) is 70.1 Å². The molecule has 1 aliphatic carbocycles. The minimum Gasteiger partial charge on any atom is -0.339 e. The lowest BCUT2D eigenvalue weighted by Crippen LogP contribution is -2.52. The van der Waals surface area contributed by atoms with Gasteiger partial charge in [-0.25, -0.2) is 4.21 Å². The van der Waals surface area contributed by atoms with E-state index in [1.807, 2.05) is 16.4 Å². The Balaban J connectivity index is 1.39. The number of piperazine rings is 1. The van der Waals surface area contributed by atoms with Gasteiger partial charge < -0.3 is 4.90 Å². The molecule has 0 spiro atoms. The number of rotatable bonds is 5. The normalized spacial score (nSPS) is 22.8. The molecule has 0 radical (unpaired) electrons. The van der Waals surface area contributed by atoms with Gasteiger partial charge in [-0.05, 0) is 42.4 Å². The Morgan fingerprint density at radius 3 is 2.38 bits per heavy atom. The highest BCUT2D eigenvalue weighted by Crippen LogP contribution is 2.30. The lowest BCUT2D eigenvalue weighted by atomic mass is 10.0. The van der Waals surface area contributed by atoms with Crippen LogP contribution in [0, 0.1) is 5.92 Å². The molecule has 2 heterocycles. The van der Waals surface area contributed by atoms with Crippen LogP contribution in [0.5, 0.6) is 0 Å². The summed E-state index contributed by atoms with van der Waals surface area (Å²) in [6.45, 7) is 11.3. The largest absolute Gasteiger partial charge is 0.339 e. The molecule has 0 amide bonds. The van der Waals surface area contributed by atoms with Crippen molar-refractivity contribution >= 4 is 16.9 Å². The molecule has 4 rings (SSSR count). The maximum absolute atomic E-state index is 13.1. The average molecular weight is 375 g/mol. The van der Waals surface area contributed by atoms with E-state index in [4.69, 9.17) is 0 Å². The molecule has 0 bridgehead atoms. The lowest BCUT2D eigenvalue weighted by molar-refractivity contribution is 0.171. The van der Waals surface area contributed by atoms with Crippen molar-refractivity contribution in [2.75, 3.05) is 45.8 Å². The lowest BCUT2D eigenvalue weighted by Gasteiger charge is -2.37. The molecule has 1 aromatic rings. The molecule has 3 aliphatic rings. The molecular formula is C20H30N4OS. The van der Waals surface area contributed by atoms with Crippen molar-refractivity contribution in [2.24, 2.45) is 10.9 Å². The molecule has 2 aliphatic heterocycles. The Kier molecular flexibility index (Phi) is 5.32. The van der Waals surface area contributed by atoms with Gasteiger partial charge in [-0.15, -0.1) is 0 Å². The van der Waals surface area contributed by atoms with Gasteiger partial charge in [-0.1, -0.05) is 26.0 Å². The van der Waals surface area contributed by atoms with E-state index >= 15 is 0 Å². The van der Waals surface area contributed by atoms with Gasteiger partial charge in [0.05, 0.1) is 18.0 Å². The van der Waals surface area contributed by atoms with Crippen molar-refractivity contribution in [3.8, 4) is 0 Å². The highest BCUT2D eigenvalue weighted by Gasteiger charge is 2.32. The van der Waals surface area contributed by atoms with Crippen molar-refractivity contribution in [1.29, 1.82) is 0 Å². The Hall–Kier alpha value is -1.40. The minimum absolute atomic E-state index is 0.494. The fourth-order valence-corrected chi connectivity index (χ4v) is 4.92. The van der Waals surface area contributed by atoms with Gasteiger partial charge in [0.1, 0.15) is 0 Å². The first-order valence-corrected chi connectivity index (χ1v) is 11.0. The quantitative estimate of drug-likeness (QED) is 0.795. The van der Waals surface area contributed by atoms with Crippen LogP contribution in [0.4, 0.5) is 0 Å². The van der Waals surface area contributed by atoms with E-state index in [-0.39, 0.29) is 0 Å². The van der Waals surface area contributed by atoms with E-state index in [0.29, 0.717) is 5.92 Å². The maximum atomic E-state index is 13.1. The van der Waals surface area contributed by atoms with Crippen LogP contribution in [-0.2, 0) is 11.0 Å². The first-order valence-electron chi connectivity index (χ1n) is 9.93. The Labute approximate surface area is 159 Å². The van der Waals surface area contributed by atoms with Gasteiger partial charge in [0.2, 0.25) is 5.96 Å². The maximum Gasteiger partial charge on any atom is 0.209 e. The molecule has 6 heteroatoms. The van der Waals surface area contributed by atoms with Crippen molar-refractivity contribution in [3.05, 3.63) is 29.8 Å². The van der Waals surface area contributed by atoms with E-state index in [1.54, 1.807) is 0 Å². The Bertz CT molecular complexity index is 676. The molecule has 1 atom stereocenters. The minimum atomic E-state index is -1.17. The summed E-state index contributed by atoms with van der Waals surface area (Å²) in [5, 5.41) is 0. The summed E-state index contributed by atoms with van der Waals surface area (Å²) in [7, 11) is -1.17. The van der Waals surface area contributed by atoms with Crippen molar-refractivity contribution < 1.29 is 4.21 Å². The molecule has 1 aromatic carbocycles. The number of hydrogen-bond donors (Lipinski definition) is 0. The molecule has 1 saturated heterocycles. The molecule has 0 aromatic heterocycles. The molecule has 142 valence electrons. The summed E-state index contributed by atoms with van der Waals surface area (Å²) < 4.78 is 15.1. The molecule has 1 unspecified atom stereocenters. The van der Waals surface area contributed by atoms with Crippen molar-refractivity contribution in [3.63, 3.8) is 0 Å². The van der Waals surface area contributed by atoms with E-state index in [1.165, 1.54) is 24.9 Å². The third-order valence-electron chi connectivity index (χ3n) is 5.60. The van der Waals surface area contributed by atoms with Crippen LogP contribution in [0.2, 0.25) is 0 Å². The number of nitrogens with zero attached hydrogens (tertiary/aromatic N) is 4. The summed E-state index contributed by atoms with van der Waals surface area (Å²) in [4.78, 5) is 10.5. The van der Waals surface area contributed by atoms with Gasteiger partial charge in [0, 0.05) is 32.7 Å². The van der Waals surface area contributed by atoms with Crippen LogP contribution < -0.4 is 0 Å². The summed E-state index contributed by atoms with van der Waals surface area (Å²) in [5.74, 6) is 2.37. The van der Waals surface area contributed by atoms with Gasteiger partial charge in [0.25, 0.3) is 0 Å². The number of hydrogen-bond acceptors (Lipinski definition) is 4. The van der Waals surface area contributed by atoms with Crippen LogP contribution in [0.15, 0.2) is 34.2 Å². The zero-order valence-corrected chi connectivity index (χ0v) is 16.7. The third-order valence-corrected chi connectivity index (χ3v) is 7.02. The number of guanidine groups is 1. The monoisotopic (exact) mass is 374 g/mol. The fourth-order valence-electron chi connectivity index (χ4n) is 3.73. The first-order chi connectivity index (χ1) is 12.6. The summed E-state index contributed by atoms with van der Waals surface area (Å²) in [6.07, 6.45) is 2.82. The molecule has 5 nitrogen and oxygen atoms in total. The summed E-state index contributed by atoms with van der Waals surface area (Å²) in [6, 6.07) is 8.22. The highest BCUT2D eigenvalue weighted by molar-refractivity contribution is 7.83. The Morgan fingerprint density at radius 1 is 1.08 bits per heavy atom. The average Bonchev–Trinajstić information content (AvgIpc) is 3.34. The SMILES string of the molecule is CC(C)c1ccc(S(=O)N2CCN=C2N2CCN(CC3CC3)CC2)cc1.